The van der Waals surface area contributed by atoms with Gasteiger partial charge < -0.3 is 10.1 Å². The van der Waals surface area contributed by atoms with Gasteiger partial charge in [0, 0.05) is 17.8 Å². The summed E-state index contributed by atoms with van der Waals surface area (Å²) in [5.41, 5.74) is 4.26. The lowest BCUT2D eigenvalue weighted by molar-refractivity contribution is 0.0448. The van der Waals surface area contributed by atoms with Crippen molar-refractivity contribution in [2.75, 3.05) is 11.9 Å². The zero-order valence-corrected chi connectivity index (χ0v) is 22.5. The molecule has 0 radical (unpaired) electrons. The topological polar surface area (TPSA) is 82.7 Å². The lowest BCUT2D eigenvalue weighted by atomic mass is 9.86. The Morgan fingerprint density at radius 2 is 1.38 bits per heavy atom. The van der Waals surface area contributed by atoms with Gasteiger partial charge in [-0.15, -0.1) is 10.2 Å². The van der Waals surface area contributed by atoms with Crippen LogP contribution in [-0.2, 0) is 17.8 Å². The van der Waals surface area contributed by atoms with E-state index in [2.05, 4.69) is 97.0 Å². The zero-order valence-electron chi connectivity index (χ0n) is 22.5. The number of nitrogens with zero attached hydrogens (tertiary/aromatic N) is 6. The van der Waals surface area contributed by atoms with Crippen molar-refractivity contribution >= 4 is 5.69 Å². The smallest absolute Gasteiger partial charge is 0.105 e. The van der Waals surface area contributed by atoms with Crippen LogP contribution in [0.1, 0.15) is 63.5 Å². The SMILES string of the molecule is CC(Cn1cc(C(Nc2ccccc2)C(C)C)nn1)OCCn1cc(C(c2ccccc2)C(C)C)nn1. The minimum absolute atomic E-state index is 0.00939. The van der Waals surface area contributed by atoms with Crippen LogP contribution in [0.3, 0.4) is 0 Å². The minimum Gasteiger partial charge on any atom is -0.376 e. The molecule has 0 amide bonds. The summed E-state index contributed by atoms with van der Waals surface area (Å²) < 4.78 is 9.81. The van der Waals surface area contributed by atoms with Crippen molar-refractivity contribution in [3.63, 3.8) is 0 Å². The number of rotatable bonds is 13. The van der Waals surface area contributed by atoms with Crippen molar-refractivity contribution in [1.82, 2.24) is 30.0 Å². The van der Waals surface area contributed by atoms with Crippen LogP contribution in [0.5, 0.6) is 0 Å². The van der Waals surface area contributed by atoms with Crippen molar-refractivity contribution in [3.8, 4) is 0 Å². The number of benzene rings is 2. The predicted octanol–water partition coefficient (Wildman–Crippen LogP) is 5.57. The summed E-state index contributed by atoms with van der Waals surface area (Å²) in [5, 5.41) is 21.2. The number of hydrogen-bond acceptors (Lipinski definition) is 6. The lowest BCUT2D eigenvalue weighted by Gasteiger charge is -2.21. The van der Waals surface area contributed by atoms with Crippen LogP contribution in [0.2, 0.25) is 0 Å². The van der Waals surface area contributed by atoms with Gasteiger partial charge in [0.05, 0.1) is 43.7 Å². The van der Waals surface area contributed by atoms with E-state index in [1.54, 1.807) is 0 Å². The molecule has 2 aromatic heterocycles. The Kier molecular flexibility index (Phi) is 9.06. The Hall–Kier alpha value is -3.52. The van der Waals surface area contributed by atoms with Gasteiger partial charge in [-0.05, 0) is 36.5 Å². The maximum absolute atomic E-state index is 6.07. The van der Waals surface area contributed by atoms with Crippen LogP contribution in [0.4, 0.5) is 5.69 Å². The number of anilines is 1. The third kappa shape index (κ3) is 7.26. The Labute approximate surface area is 220 Å². The highest BCUT2D eigenvalue weighted by Crippen LogP contribution is 2.30. The Morgan fingerprint density at radius 3 is 2.05 bits per heavy atom. The highest BCUT2D eigenvalue weighted by atomic mass is 16.5. The molecule has 3 unspecified atom stereocenters. The largest absolute Gasteiger partial charge is 0.376 e. The highest BCUT2D eigenvalue weighted by Gasteiger charge is 2.22. The first kappa shape index (κ1) is 26.5. The lowest BCUT2D eigenvalue weighted by Crippen LogP contribution is -2.20. The molecule has 196 valence electrons. The van der Waals surface area contributed by atoms with Crippen molar-refractivity contribution in [3.05, 3.63) is 90.0 Å². The fourth-order valence-corrected chi connectivity index (χ4v) is 4.63. The van der Waals surface area contributed by atoms with Gasteiger partial charge in [-0.3, -0.25) is 0 Å². The third-order valence-corrected chi connectivity index (χ3v) is 6.50. The molecule has 0 aliphatic heterocycles. The fourth-order valence-electron chi connectivity index (χ4n) is 4.63. The normalized spacial score (nSPS) is 14.1. The molecule has 0 aliphatic rings. The maximum Gasteiger partial charge on any atom is 0.105 e. The van der Waals surface area contributed by atoms with E-state index < -0.39 is 0 Å². The summed E-state index contributed by atoms with van der Waals surface area (Å²) in [6, 6.07) is 20.8. The van der Waals surface area contributed by atoms with Gasteiger partial charge in [0.2, 0.25) is 0 Å². The number of nitrogens with one attached hydrogen (secondary N) is 1. The Morgan fingerprint density at radius 1 is 0.757 bits per heavy atom. The fraction of sp³-hybridized carbons (Fsp3) is 0.448. The zero-order chi connectivity index (χ0) is 26.2. The number of para-hydroxylation sites is 1. The molecule has 0 saturated carbocycles. The van der Waals surface area contributed by atoms with Gasteiger partial charge in [-0.25, -0.2) is 9.36 Å². The van der Waals surface area contributed by atoms with Crippen LogP contribution in [0.25, 0.3) is 0 Å². The average Bonchev–Trinajstić information content (AvgIpc) is 3.53. The second kappa shape index (κ2) is 12.6. The monoisotopic (exact) mass is 501 g/mol. The second-order valence-corrected chi connectivity index (χ2v) is 10.3. The molecule has 2 aromatic carbocycles. The first-order chi connectivity index (χ1) is 17.9. The van der Waals surface area contributed by atoms with E-state index in [1.807, 2.05) is 46.0 Å². The summed E-state index contributed by atoms with van der Waals surface area (Å²) in [6.07, 6.45) is 4.05. The number of hydrogen-bond donors (Lipinski definition) is 1. The van der Waals surface area contributed by atoms with E-state index in [4.69, 9.17) is 4.74 Å². The molecule has 37 heavy (non-hydrogen) atoms. The van der Waals surface area contributed by atoms with Crippen molar-refractivity contribution in [1.29, 1.82) is 0 Å². The molecule has 8 heteroatoms. The Bertz CT molecular complexity index is 1200. The molecule has 0 saturated heterocycles. The minimum atomic E-state index is -0.00939. The summed E-state index contributed by atoms with van der Waals surface area (Å²) in [4.78, 5) is 0. The third-order valence-electron chi connectivity index (χ3n) is 6.50. The van der Waals surface area contributed by atoms with Gasteiger partial charge >= 0.3 is 0 Å². The van der Waals surface area contributed by atoms with Gasteiger partial charge in [0.1, 0.15) is 5.69 Å². The molecule has 0 bridgehead atoms. The van der Waals surface area contributed by atoms with E-state index in [-0.39, 0.29) is 18.1 Å². The average molecular weight is 502 g/mol. The van der Waals surface area contributed by atoms with E-state index in [0.717, 1.165) is 17.1 Å². The summed E-state index contributed by atoms with van der Waals surface area (Å²) >= 11 is 0. The first-order valence-corrected chi connectivity index (χ1v) is 13.2. The van der Waals surface area contributed by atoms with Crippen LogP contribution in [0.15, 0.2) is 73.1 Å². The van der Waals surface area contributed by atoms with Crippen LogP contribution in [-0.4, -0.2) is 42.7 Å². The van der Waals surface area contributed by atoms with Crippen LogP contribution < -0.4 is 5.32 Å². The quantitative estimate of drug-likeness (QED) is 0.258. The molecule has 2 heterocycles. The molecule has 0 fully saturated rings. The maximum atomic E-state index is 6.07. The molecule has 3 atom stereocenters. The molecule has 4 rings (SSSR count). The van der Waals surface area contributed by atoms with Gasteiger partial charge in [-0.2, -0.15) is 0 Å². The van der Waals surface area contributed by atoms with Gasteiger partial charge in [-0.1, -0.05) is 86.7 Å². The molecule has 0 spiro atoms. The summed E-state index contributed by atoms with van der Waals surface area (Å²) in [7, 11) is 0. The second-order valence-electron chi connectivity index (χ2n) is 10.3. The summed E-state index contributed by atoms with van der Waals surface area (Å²) in [6.45, 7) is 12.7. The molecular weight excluding hydrogens is 462 g/mol. The standard InChI is InChI=1S/C29H39N7O/c1-21(2)28(24-12-8-6-9-13-24)26-19-35(33-31-26)16-17-37-23(5)18-36-20-27(32-34-36)29(22(3)4)30-25-14-10-7-11-15-25/h6-15,19-23,28-30H,16-18H2,1-5H3. The Balaban J connectivity index is 1.28. The number of aromatic nitrogens is 6. The molecule has 1 N–H and O–H groups in total. The van der Waals surface area contributed by atoms with E-state index in [0.29, 0.717) is 31.5 Å². The van der Waals surface area contributed by atoms with Crippen molar-refractivity contribution < 1.29 is 4.74 Å². The summed E-state index contributed by atoms with van der Waals surface area (Å²) in [5.74, 6) is 1.01. The van der Waals surface area contributed by atoms with Crippen molar-refractivity contribution in [2.24, 2.45) is 11.8 Å². The van der Waals surface area contributed by atoms with E-state index in [9.17, 15) is 0 Å². The molecule has 0 aliphatic carbocycles. The molecule has 8 nitrogen and oxygen atoms in total. The number of ether oxygens (including phenoxy) is 1. The van der Waals surface area contributed by atoms with Gasteiger partial charge in [0.15, 0.2) is 0 Å². The first-order valence-electron chi connectivity index (χ1n) is 13.2. The van der Waals surface area contributed by atoms with E-state index in [1.165, 1.54) is 5.56 Å². The molecule has 4 aromatic rings. The molecular formula is C29H39N7O. The predicted molar refractivity (Wildman–Crippen MR) is 146 cm³/mol. The van der Waals surface area contributed by atoms with E-state index >= 15 is 0 Å². The van der Waals surface area contributed by atoms with Crippen LogP contribution >= 0.6 is 0 Å². The van der Waals surface area contributed by atoms with Crippen LogP contribution in [0, 0.1) is 11.8 Å². The van der Waals surface area contributed by atoms with Gasteiger partial charge in [0.25, 0.3) is 0 Å². The van der Waals surface area contributed by atoms with Crippen molar-refractivity contribution in [2.45, 2.75) is 65.8 Å². The highest BCUT2D eigenvalue weighted by molar-refractivity contribution is 5.44.